The summed E-state index contributed by atoms with van der Waals surface area (Å²) < 4.78 is 20.6. The van der Waals surface area contributed by atoms with E-state index in [2.05, 4.69) is 10.4 Å². The lowest BCUT2D eigenvalue weighted by Gasteiger charge is -2.11. The van der Waals surface area contributed by atoms with Crippen molar-refractivity contribution in [2.45, 2.75) is 12.6 Å². The van der Waals surface area contributed by atoms with Gasteiger partial charge in [0.1, 0.15) is 17.3 Å². The molecule has 0 saturated carbocycles. The van der Waals surface area contributed by atoms with Gasteiger partial charge in [0.15, 0.2) is 6.10 Å². The Hall–Kier alpha value is -3.19. The number of rotatable bonds is 6. The molecule has 0 aliphatic heterocycles. The highest BCUT2D eigenvalue weighted by molar-refractivity contribution is 5.81. The summed E-state index contributed by atoms with van der Waals surface area (Å²) in [5.41, 5.74) is 1.43. The lowest BCUT2D eigenvalue weighted by atomic mass is 10.1. The molecule has 1 atom stereocenters. The summed E-state index contributed by atoms with van der Waals surface area (Å²) in [7, 11) is 1.58. The number of benzene rings is 2. The van der Waals surface area contributed by atoms with E-state index in [1.807, 2.05) is 24.3 Å². The van der Waals surface area contributed by atoms with Gasteiger partial charge in [0.05, 0.1) is 13.3 Å². The third kappa shape index (κ3) is 3.73. The van der Waals surface area contributed by atoms with E-state index in [0.29, 0.717) is 5.75 Å². The van der Waals surface area contributed by atoms with E-state index in [-0.39, 0.29) is 12.1 Å². The van der Waals surface area contributed by atoms with Gasteiger partial charge in [-0.2, -0.15) is 5.10 Å². The van der Waals surface area contributed by atoms with Crippen molar-refractivity contribution in [2.75, 3.05) is 7.11 Å². The standard InChI is InChI=1S/C19H18FN3O3/c1-26-17-9-5-4-8-16(17)23-12-13(11-22-23)10-21-19(25)18(24)14-6-2-3-7-15(14)20/h2-9,11-12,18,24H,10H2,1H3,(H,21,25)/t18-/m1/s1. The van der Waals surface area contributed by atoms with Crippen molar-refractivity contribution in [2.24, 2.45) is 0 Å². The van der Waals surface area contributed by atoms with Crippen LogP contribution >= 0.6 is 0 Å². The van der Waals surface area contributed by atoms with E-state index >= 15 is 0 Å². The molecule has 1 amide bonds. The van der Waals surface area contributed by atoms with Gasteiger partial charge in [-0.15, -0.1) is 0 Å². The van der Waals surface area contributed by atoms with Crippen molar-refractivity contribution in [3.05, 3.63) is 77.9 Å². The van der Waals surface area contributed by atoms with Gasteiger partial charge in [-0.3, -0.25) is 4.79 Å². The van der Waals surface area contributed by atoms with Gasteiger partial charge in [0, 0.05) is 23.9 Å². The van der Waals surface area contributed by atoms with Gasteiger partial charge in [-0.05, 0) is 18.2 Å². The first-order chi connectivity index (χ1) is 12.6. The zero-order chi connectivity index (χ0) is 18.5. The molecule has 0 aliphatic carbocycles. The van der Waals surface area contributed by atoms with Gasteiger partial charge in [-0.1, -0.05) is 30.3 Å². The van der Waals surface area contributed by atoms with Crippen LogP contribution in [0.15, 0.2) is 60.9 Å². The number of hydrogen-bond acceptors (Lipinski definition) is 4. The quantitative estimate of drug-likeness (QED) is 0.712. The summed E-state index contributed by atoms with van der Waals surface area (Å²) in [6, 6.07) is 13.0. The minimum atomic E-state index is -1.57. The Balaban J connectivity index is 1.66. The van der Waals surface area contributed by atoms with Crippen LogP contribution in [-0.2, 0) is 11.3 Å². The molecule has 26 heavy (non-hydrogen) atoms. The molecule has 2 N–H and O–H groups in total. The highest BCUT2D eigenvalue weighted by atomic mass is 19.1. The highest BCUT2D eigenvalue weighted by Crippen LogP contribution is 2.21. The number of nitrogens with one attached hydrogen (secondary N) is 1. The number of carbonyl (C=O) groups is 1. The van der Waals surface area contributed by atoms with Crippen LogP contribution < -0.4 is 10.1 Å². The van der Waals surface area contributed by atoms with Gasteiger partial charge in [-0.25, -0.2) is 9.07 Å². The summed E-state index contributed by atoms with van der Waals surface area (Å²) in [6.07, 6.45) is 1.77. The number of para-hydroxylation sites is 2. The predicted octanol–water partition coefficient (Wildman–Crippen LogP) is 2.37. The van der Waals surface area contributed by atoms with Crippen molar-refractivity contribution >= 4 is 5.91 Å². The minimum Gasteiger partial charge on any atom is -0.494 e. The molecule has 7 heteroatoms. The number of methoxy groups -OCH3 is 1. The maximum atomic E-state index is 13.7. The SMILES string of the molecule is COc1ccccc1-n1cc(CNC(=O)[C@H](O)c2ccccc2F)cn1. The molecule has 3 rings (SSSR count). The molecule has 2 aromatic carbocycles. The van der Waals surface area contributed by atoms with Crippen molar-refractivity contribution in [3.8, 4) is 11.4 Å². The van der Waals surface area contributed by atoms with Gasteiger partial charge in [0.2, 0.25) is 0 Å². The molecular formula is C19H18FN3O3. The molecule has 0 spiro atoms. The summed E-state index contributed by atoms with van der Waals surface area (Å²) in [6.45, 7) is 0.152. The third-order valence-corrected chi connectivity index (χ3v) is 3.88. The molecule has 134 valence electrons. The van der Waals surface area contributed by atoms with E-state index in [1.54, 1.807) is 30.3 Å². The molecule has 1 heterocycles. The number of aliphatic hydroxyl groups excluding tert-OH is 1. The minimum absolute atomic E-state index is 0.0604. The smallest absolute Gasteiger partial charge is 0.253 e. The van der Waals surface area contributed by atoms with Crippen LogP contribution in [0.3, 0.4) is 0 Å². The van der Waals surface area contributed by atoms with Gasteiger partial charge < -0.3 is 15.2 Å². The second-order valence-electron chi connectivity index (χ2n) is 5.61. The van der Waals surface area contributed by atoms with Crippen molar-refractivity contribution < 1.29 is 19.0 Å². The van der Waals surface area contributed by atoms with Crippen molar-refractivity contribution in [1.29, 1.82) is 0 Å². The first-order valence-electron chi connectivity index (χ1n) is 7.97. The van der Waals surface area contributed by atoms with E-state index in [4.69, 9.17) is 4.74 Å². The van der Waals surface area contributed by atoms with E-state index < -0.39 is 17.8 Å². The number of halogens is 1. The molecule has 6 nitrogen and oxygen atoms in total. The van der Waals surface area contributed by atoms with Gasteiger partial charge >= 0.3 is 0 Å². The summed E-state index contributed by atoms with van der Waals surface area (Å²) >= 11 is 0. The first kappa shape index (κ1) is 17.6. The monoisotopic (exact) mass is 355 g/mol. The number of carbonyl (C=O) groups excluding carboxylic acids is 1. The van der Waals surface area contributed by atoms with E-state index in [0.717, 1.165) is 11.3 Å². The number of aliphatic hydroxyl groups is 1. The second kappa shape index (κ2) is 7.79. The number of ether oxygens (including phenoxy) is 1. The molecule has 3 aromatic rings. The number of aromatic nitrogens is 2. The van der Waals surface area contributed by atoms with Crippen LogP contribution in [0.1, 0.15) is 17.2 Å². The predicted molar refractivity (Wildman–Crippen MR) is 93.3 cm³/mol. The molecular weight excluding hydrogens is 337 g/mol. The maximum absolute atomic E-state index is 13.7. The lowest BCUT2D eigenvalue weighted by molar-refractivity contribution is -0.129. The number of hydrogen-bond donors (Lipinski definition) is 2. The van der Waals surface area contributed by atoms with Crippen LogP contribution in [0.4, 0.5) is 4.39 Å². The van der Waals surface area contributed by atoms with Gasteiger partial charge in [0.25, 0.3) is 5.91 Å². The Morgan fingerprint density at radius 2 is 2.00 bits per heavy atom. The molecule has 0 saturated heterocycles. The fourth-order valence-electron chi connectivity index (χ4n) is 2.53. The Bertz CT molecular complexity index is 910. The Morgan fingerprint density at radius 1 is 1.27 bits per heavy atom. The molecule has 0 radical (unpaired) electrons. The largest absolute Gasteiger partial charge is 0.494 e. The number of amides is 1. The Morgan fingerprint density at radius 3 is 2.77 bits per heavy atom. The third-order valence-electron chi connectivity index (χ3n) is 3.88. The fraction of sp³-hybridized carbons (Fsp3) is 0.158. The van der Waals surface area contributed by atoms with Crippen molar-refractivity contribution in [3.63, 3.8) is 0 Å². The topological polar surface area (TPSA) is 76.4 Å². The molecule has 0 unspecified atom stereocenters. The zero-order valence-electron chi connectivity index (χ0n) is 14.1. The zero-order valence-corrected chi connectivity index (χ0v) is 14.1. The summed E-state index contributed by atoms with van der Waals surface area (Å²) in [5.74, 6) is -0.638. The number of nitrogens with zero attached hydrogens (tertiary/aromatic N) is 2. The van der Waals surface area contributed by atoms with Crippen LogP contribution in [0.2, 0.25) is 0 Å². The fourth-order valence-corrected chi connectivity index (χ4v) is 2.53. The molecule has 0 fully saturated rings. The lowest BCUT2D eigenvalue weighted by Crippen LogP contribution is -2.29. The van der Waals surface area contributed by atoms with Crippen LogP contribution in [-0.4, -0.2) is 27.9 Å². The van der Waals surface area contributed by atoms with E-state index in [1.165, 1.54) is 18.2 Å². The van der Waals surface area contributed by atoms with Crippen molar-refractivity contribution in [1.82, 2.24) is 15.1 Å². The molecule has 1 aromatic heterocycles. The average molecular weight is 355 g/mol. The molecule has 0 bridgehead atoms. The highest BCUT2D eigenvalue weighted by Gasteiger charge is 2.20. The van der Waals surface area contributed by atoms with Crippen LogP contribution in [0.25, 0.3) is 5.69 Å². The summed E-state index contributed by atoms with van der Waals surface area (Å²) in [4.78, 5) is 12.1. The molecule has 0 aliphatic rings. The average Bonchev–Trinajstić information content (AvgIpc) is 3.14. The van der Waals surface area contributed by atoms with E-state index in [9.17, 15) is 14.3 Å². The Kier molecular flexibility index (Phi) is 5.28. The van der Waals surface area contributed by atoms with Crippen LogP contribution in [0, 0.1) is 5.82 Å². The Labute approximate surface area is 149 Å². The maximum Gasteiger partial charge on any atom is 0.253 e. The first-order valence-corrected chi connectivity index (χ1v) is 7.97. The summed E-state index contributed by atoms with van der Waals surface area (Å²) in [5, 5.41) is 16.8. The normalized spacial score (nSPS) is 11.8. The second-order valence-corrected chi connectivity index (χ2v) is 5.61. The van der Waals surface area contributed by atoms with Crippen LogP contribution in [0.5, 0.6) is 5.75 Å².